The summed E-state index contributed by atoms with van der Waals surface area (Å²) in [6.07, 6.45) is 2.98. The number of nitrogens with zero attached hydrogens (tertiary/aromatic N) is 1. The molecular formula is C18H28FN3O2. The van der Waals surface area contributed by atoms with E-state index in [4.69, 9.17) is 9.47 Å². The topological polar surface area (TPSA) is 54.9 Å². The van der Waals surface area contributed by atoms with Gasteiger partial charge in [0.15, 0.2) is 5.96 Å². The highest BCUT2D eigenvalue weighted by molar-refractivity contribution is 5.79. The second-order valence-electron chi connectivity index (χ2n) is 5.77. The number of halogens is 1. The van der Waals surface area contributed by atoms with Crippen molar-refractivity contribution < 1.29 is 13.9 Å². The van der Waals surface area contributed by atoms with Crippen molar-refractivity contribution in [2.45, 2.75) is 32.3 Å². The van der Waals surface area contributed by atoms with Gasteiger partial charge in [-0.2, -0.15) is 0 Å². The van der Waals surface area contributed by atoms with E-state index >= 15 is 0 Å². The van der Waals surface area contributed by atoms with E-state index in [-0.39, 0.29) is 11.9 Å². The maximum Gasteiger partial charge on any atom is 0.191 e. The fraction of sp³-hybridized carbons (Fsp3) is 0.611. The molecule has 0 amide bonds. The van der Waals surface area contributed by atoms with E-state index in [9.17, 15) is 4.39 Å². The molecule has 1 unspecified atom stereocenters. The fourth-order valence-electron chi connectivity index (χ4n) is 2.47. The second kappa shape index (κ2) is 11.0. The van der Waals surface area contributed by atoms with Crippen molar-refractivity contribution >= 4 is 5.96 Å². The van der Waals surface area contributed by atoms with Gasteiger partial charge in [-0.15, -0.1) is 0 Å². The average Bonchev–Trinajstić information content (AvgIpc) is 3.10. The molecule has 1 aromatic carbocycles. The van der Waals surface area contributed by atoms with Crippen molar-refractivity contribution in [3.8, 4) is 0 Å². The minimum atomic E-state index is -0.201. The molecule has 6 heteroatoms. The molecule has 1 aromatic rings. The van der Waals surface area contributed by atoms with Crippen molar-refractivity contribution in [1.29, 1.82) is 0 Å². The molecule has 0 radical (unpaired) electrons. The van der Waals surface area contributed by atoms with Crippen LogP contribution < -0.4 is 10.6 Å². The van der Waals surface area contributed by atoms with Gasteiger partial charge >= 0.3 is 0 Å². The van der Waals surface area contributed by atoms with Crippen LogP contribution in [0.3, 0.4) is 0 Å². The van der Waals surface area contributed by atoms with Crippen molar-refractivity contribution in [1.82, 2.24) is 10.6 Å². The van der Waals surface area contributed by atoms with Crippen molar-refractivity contribution in [2.24, 2.45) is 4.99 Å². The molecule has 0 aromatic heterocycles. The van der Waals surface area contributed by atoms with Gasteiger partial charge in [-0.1, -0.05) is 12.1 Å². The number of guanidine groups is 1. The van der Waals surface area contributed by atoms with Gasteiger partial charge in [0.2, 0.25) is 0 Å². The Hall–Kier alpha value is -1.66. The standard InChI is InChI=1S/C18H28FN3O2/c1-2-20-18(21-10-3-12-24-17-9-13-23-14-17)22-11-8-15-4-6-16(19)7-5-15/h4-7,17H,2-3,8-14H2,1H3,(H2,20,21,22). The van der Waals surface area contributed by atoms with Crippen LogP contribution in [0.4, 0.5) is 4.39 Å². The van der Waals surface area contributed by atoms with Crippen LogP contribution in [-0.2, 0) is 15.9 Å². The lowest BCUT2D eigenvalue weighted by atomic mass is 10.1. The SMILES string of the molecule is CCNC(=NCCCOC1CCOC1)NCCc1ccc(F)cc1. The van der Waals surface area contributed by atoms with Crippen LogP contribution in [0.15, 0.2) is 29.3 Å². The first kappa shape index (κ1) is 18.7. The van der Waals surface area contributed by atoms with E-state index in [1.807, 2.05) is 19.1 Å². The van der Waals surface area contributed by atoms with Crippen molar-refractivity contribution in [3.63, 3.8) is 0 Å². The van der Waals surface area contributed by atoms with Crippen LogP contribution in [0, 0.1) is 5.82 Å². The Kier molecular flexibility index (Phi) is 8.55. The highest BCUT2D eigenvalue weighted by Crippen LogP contribution is 2.08. The maximum absolute atomic E-state index is 12.9. The monoisotopic (exact) mass is 337 g/mol. The Morgan fingerprint density at radius 2 is 2.17 bits per heavy atom. The van der Waals surface area contributed by atoms with E-state index in [1.54, 1.807) is 0 Å². The minimum absolute atomic E-state index is 0.201. The number of nitrogens with one attached hydrogen (secondary N) is 2. The third-order valence-corrected chi connectivity index (χ3v) is 3.78. The average molecular weight is 337 g/mol. The molecule has 1 aliphatic heterocycles. The van der Waals surface area contributed by atoms with Crippen LogP contribution in [0.25, 0.3) is 0 Å². The van der Waals surface area contributed by atoms with Gasteiger partial charge in [0, 0.05) is 32.8 Å². The van der Waals surface area contributed by atoms with E-state index in [2.05, 4.69) is 15.6 Å². The Morgan fingerprint density at radius 3 is 2.88 bits per heavy atom. The summed E-state index contributed by atoms with van der Waals surface area (Å²) in [6.45, 7) is 6.58. The number of rotatable bonds is 9. The second-order valence-corrected chi connectivity index (χ2v) is 5.77. The summed E-state index contributed by atoms with van der Waals surface area (Å²) >= 11 is 0. The molecule has 2 rings (SSSR count). The predicted octanol–water partition coefficient (Wildman–Crippen LogP) is 2.12. The minimum Gasteiger partial charge on any atom is -0.379 e. The molecule has 134 valence electrons. The van der Waals surface area contributed by atoms with E-state index in [0.29, 0.717) is 6.61 Å². The molecule has 1 saturated heterocycles. The summed E-state index contributed by atoms with van der Waals surface area (Å²) in [6, 6.07) is 6.60. The van der Waals surface area contributed by atoms with Gasteiger partial charge < -0.3 is 20.1 Å². The van der Waals surface area contributed by atoms with Gasteiger partial charge in [0.1, 0.15) is 5.82 Å². The molecule has 0 saturated carbocycles. The van der Waals surface area contributed by atoms with E-state index in [0.717, 1.165) is 63.6 Å². The third kappa shape index (κ3) is 7.27. The molecule has 0 spiro atoms. The largest absolute Gasteiger partial charge is 0.379 e. The lowest BCUT2D eigenvalue weighted by molar-refractivity contribution is 0.0424. The van der Waals surface area contributed by atoms with Crippen molar-refractivity contribution in [2.75, 3.05) is 39.5 Å². The van der Waals surface area contributed by atoms with Gasteiger partial charge in [-0.25, -0.2) is 4.39 Å². The zero-order chi connectivity index (χ0) is 17.0. The zero-order valence-corrected chi connectivity index (χ0v) is 14.4. The van der Waals surface area contributed by atoms with Crippen LogP contribution in [0.5, 0.6) is 0 Å². The molecule has 1 atom stereocenters. The first-order valence-electron chi connectivity index (χ1n) is 8.74. The predicted molar refractivity (Wildman–Crippen MR) is 93.9 cm³/mol. The smallest absolute Gasteiger partial charge is 0.191 e. The first-order valence-corrected chi connectivity index (χ1v) is 8.74. The van der Waals surface area contributed by atoms with Gasteiger partial charge in [0.25, 0.3) is 0 Å². The number of hydrogen-bond donors (Lipinski definition) is 2. The van der Waals surface area contributed by atoms with E-state index in [1.165, 1.54) is 12.1 Å². The molecule has 1 fully saturated rings. The Labute approximate surface area is 143 Å². The molecular weight excluding hydrogens is 309 g/mol. The highest BCUT2D eigenvalue weighted by Gasteiger charge is 2.15. The Balaban J connectivity index is 1.63. The molecule has 0 aliphatic carbocycles. The lowest BCUT2D eigenvalue weighted by Crippen LogP contribution is -2.38. The summed E-state index contributed by atoms with van der Waals surface area (Å²) in [5.41, 5.74) is 1.10. The normalized spacial score (nSPS) is 17.9. The Morgan fingerprint density at radius 1 is 1.33 bits per heavy atom. The quantitative estimate of drug-likeness (QED) is 0.412. The number of aliphatic imine (C=N–C) groups is 1. The molecule has 1 aliphatic rings. The molecule has 24 heavy (non-hydrogen) atoms. The van der Waals surface area contributed by atoms with Crippen LogP contribution in [0.2, 0.25) is 0 Å². The van der Waals surface area contributed by atoms with Crippen LogP contribution in [0.1, 0.15) is 25.3 Å². The lowest BCUT2D eigenvalue weighted by Gasteiger charge is -2.12. The first-order chi connectivity index (χ1) is 11.8. The summed E-state index contributed by atoms with van der Waals surface area (Å²) in [7, 11) is 0. The third-order valence-electron chi connectivity index (χ3n) is 3.78. The fourth-order valence-corrected chi connectivity index (χ4v) is 2.47. The van der Waals surface area contributed by atoms with Crippen LogP contribution in [-0.4, -0.2) is 51.5 Å². The molecule has 0 bridgehead atoms. The number of benzene rings is 1. The highest BCUT2D eigenvalue weighted by atomic mass is 19.1. The maximum atomic E-state index is 12.9. The summed E-state index contributed by atoms with van der Waals surface area (Å²) in [5.74, 6) is 0.608. The molecule has 2 N–H and O–H groups in total. The van der Waals surface area contributed by atoms with Gasteiger partial charge in [0.05, 0.1) is 12.7 Å². The van der Waals surface area contributed by atoms with E-state index < -0.39 is 0 Å². The van der Waals surface area contributed by atoms with Gasteiger partial charge in [-0.3, -0.25) is 4.99 Å². The summed E-state index contributed by atoms with van der Waals surface area (Å²) in [5, 5.41) is 6.53. The molecule has 5 nitrogen and oxygen atoms in total. The Bertz CT molecular complexity index is 488. The number of ether oxygens (including phenoxy) is 2. The van der Waals surface area contributed by atoms with Crippen molar-refractivity contribution in [3.05, 3.63) is 35.6 Å². The van der Waals surface area contributed by atoms with Crippen LogP contribution >= 0.6 is 0 Å². The summed E-state index contributed by atoms with van der Waals surface area (Å²) < 4.78 is 23.9. The van der Waals surface area contributed by atoms with Gasteiger partial charge in [-0.05, 0) is 43.9 Å². The number of hydrogen-bond acceptors (Lipinski definition) is 3. The zero-order valence-electron chi connectivity index (χ0n) is 14.4. The molecule has 1 heterocycles. The summed E-state index contributed by atoms with van der Waals surface area (Å²) in [4.78, 5) is 4.55.